The molecule has 34 heavy (non-hydrogen) atoms. The van der Waals surface area contributed by atoms with Gasteiger partial charge >= 0.3 is 0 Å². The number of aliphatic hydroxyl groups is 1. The number of alkyl halides is 2. The smallest absolute Gasteiger partial charge is 0.263 e. The Bertz CT molecular complexity index is 1330. The van der Waals surface area contributed by atoms with Gasteiger partial charge in [0.05, 0.1) is 24.0 Å². The fraction of sp³-hybridized carbons (Fsp3) is 0.280. The molecule has 0 amide bonds. The van der Waals surface area contributed by atoms with E-state index in [2.05, 4.69) is 5.10 Å². The average Bonchev–Trinajstić information content (AvgIpc) is 3.41. The van der Waals surface area contributed by atoms with Crippen molar-refractivity contribution in [2.24, 2.45) is 0 Å². The van der Waals surface area contributed by atoms with Crippen LogP contribution >= 0.6 is 0 Å². The summed E-state index contributed by atoms with van der Waals surface area (Å²) in [6.07, 6.45) is -0.903. The molecule has 5 rings (SSSR count). The standard InChI is InChI=1S/C25H22F4N4O/c1-14-23(15-4-6-16(7-5-15)24(28)29)25-30-22(32-8-2-3-20(32)13-34)12-21(33(25)31-14)17-9-18(26)11-19(27)10-17/h4-7,9-12,20,24,34H,2-3,8,13H2,1H3. The molecule has 0 radical (unpaired) electrons. The van der Waals surface area contributed by atoms with Crippen molar-refractivity contribution >= 4 is 11.5 Å². The molecule has 5 nitrogen and oxygen atoms in total. The van der Waals surface area contributed by atoms with Crippen molar-refractivity contribution in [2.75, 3.05) is 18.1 Å². The van der Waals surface area contributed by atoms with Crippen LogP contribution in [0.25, 0.3) is 28.0 Å². The first-order chi connectivity index (χ1) is 16.4. The van der Waals surface area contributed by atoms with E-state index in [0.29, 0.717) is 40.5 Å². The van der Waals surface area contributed by atoms with E-state index in [1.807, 2.05) is 4.90 Å². The van der Waals surface area contributed by atoms with Gasteiger partial charge in [-0.2, -0.15) is 5.10 Å². The molecule has 2 aromatic heterocycles. The number of aryl methyl sites for hydroxylation is 1. The lowest BCUT2D eigenvalue weighted by Gasteiger charge is -2.25. The van der Waals surface area contributed by atoms with Gasteiger partial charge in [-0.1, -0.05) is 24.3 Å². The van der Waals surface area contributed by atoms with Gasteiger partial charge in [0.1, 0.15) is 17.5 Å². The van der Waals surface area contributed by atoms with E-state index in [1.165, 1.54) is 28.8 Å². The third-order valence-electron chi connectivity index (χ3n) is 6.24. The normalized spacial score (nSPS) is 16.2. The Morgan fingerprint density at radius 1 is 1.03 bits per heavy atom. The molecule has 9 heteroatoms. The van der Waals surface area contributed by atoms with Crippen molar-refractivity contribution in [1.82, 2.24) is 14.6 Å². The zero-order valence-corrected chi connectivity index (χ0v) is 18.3. The van der Waals surface area contributed by atoms with Crippen molar-refractivity contribution in [3.8, 4) is 22.4 Å². The maximum atomic E-state index is 14.1. The Kier molecular flexibility index (Phi) is 5.73. The summed E-state index contributed by atoms with van der Waals surface area (Å²) in [4.78, 5) is 6.80. The minimum absolute atomic E-state index is 0.0446. The molecule has 1 unspecified atom stereocenters. The van der Waals surface area contributed by atoms with Crippen LogP contribution < -0.4 is 4.90 Å². The molecule has 3 heterocycles. The Morgan fingerprint density at radius 3 is 2.38 bits per heavy atom. The molecule has 1 saturated heterocycles. The maximum absolute atomic E-state index is 14.1. The summed E-state index contributed by atoms with van der Waals surface area (Å²) < 4.78 is 55.8. The van der Waals surface area contributed by atoms with Crippen LogP contribution in [-0.4, -0.2) is 38.9 Å². The molecule has 1 fully saturated rings. The second-order valence-corrected chi connectivity index (χ2v) is 8.45. The van der Waals surface area contributed by atoms with Gasteiger partial charge < -0.3 is 10.0 Å². The Labute approximate surface area is 193 Å². The molecule has 1 aliphatic heterocycles. The zero-order valence-electron chi connectivity index (χ0n) is 18.3. The average molecular weight is 470 g/mol. The Morgan fingerprint density at radius 2 is 1.74 bits per heavy atom. The first kappa shape index (κ1) is 22.3. The zero-order chi connectivity index (χ0) is 24.0. The minimum atomic E-state index is -2.58. The molecule has 0 bridgehead atoms. The molecule has 0 aliphatic carbocycles. The van der Waals surface area contributed by atoms with Crippen molar-refractivity contribution in [3.63, 3.8) is 0 Å². The Balaban J connectivity index is 1.76. The van der Waals surface area contributed by atoms with E-state index in [1.54, 1.807) is 25.1 Å². The predicted molar refractivity (Wildman–Crippen MR) is 121 cm³/mol. The van der Waals surface area contributed by atoms with Crippen LogP contribution in [0.1, 0.15) is 30.5 Å². The van der Waals surface area contributed by atoms with Crippen molar-refractivity contribution in [2.45, 2.75) is 32.2 Å². The number of anilines is 1. The first-order valence-electron chi connectivity index (χ1n) is 11.0. The highest BCUT2D eigenvalue weighted by Gasteiger charge is 2.27. The fourth-order valence-corrected chi connectivity index (χ4v) is 4.63. The van der Waals surface area contributed by atoms with E-state index >= 15 is 0 Å². The fourth-order valence-electron chi connectivity index (χ4n) is 4.63. The molecule has 1 N–H and O–H groups in total. The van der Waals surface area contributed by atoms with Crippen molar-refractivity contribution < 1.29 is 22.7 Å². The van der Waals surface area contributed by atoms with Gasteiger partial charge in [-0.15, -0.1) is 0 Å². The monoisotopic (exact) mass is 470 g/mol. The molecule has 0 spiro atoms. The third kappa shape index (κ3) is 3.90. The third-order valence-corrected chi connectivity index (χ3v) is 6.24. The SMILES string of the molecule is Cc1nn2c(-c3cc(F)cc(F)c3)cc(N3CCCC3CO)nc2c1-c1ccc(C(F)F)cc1. The van der Waals surface area contributed by atoms with Crippen LogP contribution in [0, 0.1) is 18.6 Å². The number of aliphatic hydroxyl groups excluding tert-OH is 1. The summed E-state index contributed by atoms with van der Waals surface area (Å²) in [5.41, 5.74) is 2.94. The number of hydrogen-bond donors (Lipinski definition) is 1. The van der Waals surface area contributed by atoms with Crippen LogP contribution in [0.2, 0.25) is 0 Å². The molecule has 2 aromatic carbocycles. The second kappa shape index (κ2) is 8.72. The lowest BCUT2D eigenvalue weighted by atomic mass is 10.0. The van der Waals surface area contributed by atoms with Crippen LogP contribution in [0.4, 0.5) is 23.4 Å². The predicted octanol–water partition coefficient (Wildman–Crippen LogP) is 5.55. The highest BCUT2D eigenvalue weighted by atomic mass is 19.3. The molecule has 4 aromatic rings. The molecule has 1 aliphatic rings. The van der Waals surface area contributed by atoms with E-state index < -0.39 is 18.1 Å². The number of benzene rings is 2. The molecular formula is C25H22F4N4O. The quantitative estimate of drug-likeness (QED) is 0.389. The van der Waals surface area contributed by atoms with Gasteiger partial charge in [0.25, 0.3) is 6.43 Å². The number of halogens is 4. The minimum Gasteiger partial charge on any atom is -0.394 e. The first-order valence-corrected chi connectivity index (χ1v) is 11.0. The summed E-state index contributed by atoms with van der Waals surface area (Å²) in [5, 5.41) is 14.4. The largest absolute Gasteiger partial charge is 0.394 e. The lowest BCUT2D eigenvalue weighted by Crippen LogP contribution is -2.32. The van der Waals surface area contributed by atoms with Gasteiger partial charge in [-0.05, 0) is 37.5 Å². The number of hydrogen-bond acceptors (Lipinski definition) is 4. The van der Waals surface area contributed by atoms with Crippen LogP contribution in [0.3, 0.4) is 0 Å². The van der Waals surface area contributed by atoms with Crippen molar-refractivity contribution in [1.29, 1.82) is 0 Å². The van der Waals surface area contributed by atoms with Gasteiger partial charge in [-0.3, -0.25) is 0 Å². The summed E-state index contributed by atoms with van der Waals surface area (Å²) in [6, 6.07) is 10.7. The van der Waals surface area contributed by atoms with E-state index in [0.717, 1.165) is 18.9 Å². The summed E-state index contributed by atoms with van der Waals surface area (Å²) in [6.45, 7) is 2.40. The molecule has 176 valence electrons. The topological polar surface area (TPSA) is 53.7 Å². The molecule has 0 saturated carbocycles. The van der Waals surface area contributed by atoms with Gasteiger partial charge in [-0.25, -0.2) is 27.1 Å². The Hall–Kier alpha value is -3.46. The number of rotatable bonds is 5. The second-order valence-electron chi connectivity index (χ2n) is 8.45. The van der Waals surface area contributed by atoms with E-state index in [-0.39, 0.29) is 23.8 Å². The molecular weight excluding hydrogens is 448 g/mol. The highest BCUT2D eigenvalue weighted by Crippen LogP contribution is 2.35. The van der Waals surface area contributed by atoms with E-state index in [4.69, 9.17) is 4.98 Å². The summed E-state index contributed by atoms with van der Waals surface area (Å²) >= 11 is 0. The number of nitrogens with zero attached hydrogens (tertiary/aromatic N) is 4. The van der Waals surface area contributed by atoms with Gasteiger partial charge in [0, 0.05) is 35.4 Å². The summed E-state index contributed by atoms with van der Waals surface area (Å²) in [7, 11) is 0. The van der Waals surface area contributed by atoms with E-state index in [9.17, 15) is 22.7 Å². The maximum Gasteiger partial charge on any atom is 0.263 e. The lowest BCUT2D eigenvalue weighted by molar-refractivity contribution is 0.151. The summed E-state index contributed by atoms with van der Waals surface area (Å²) in [5.74, 6) is -0.890. The molecule has 1 atom stereocenters. The van der Waals surface area contributed by atoms with Crippen LogP contribution in [0.5, 0.6) is 0 Å². The van der Waals surface area contributed by atoms with Crippen molar-refractivity contribution in [3.05, 3.63) is 71.4 Å². The highest BCUT2D eigenvalue weighted by molar-refractivity contribution is 5.83. The number of fused-ring (bicyclic) bond motifs is 1. The van der Waals surface area contributed by atoms with Gasteiger partial charge in [0.15, 0.2) is 5.65 Å². The van der Waals surface area contributed by atoms with Crippen LogP contribution in [-0.2, 0) is 0 Å². The van der Waals surface area contributed by atoms with Gasteiger partial charge in [0.2, 0.25) is 0 Å². The van der Waals surface area contributed by atoms with Crippen LogP contribution in [0.15, 0.2) is 48.5 Å². The number of aromatic nitrogens is 3.